The highest BCUT2D eigenvalue weighted by atomic mass is 35.5. The van der Waals surface area contributed by atoms with Crippen molar-refractivity contribution < 1.29 is 14.1 Å². The summed E-state index contributed by atoms with van der Waals surface area (Å²) in [7, 11) is 1.69. The second kappa shape index (κ2) is 6.37. The van der Waals surface area contributed by atoms with Gasteiger partial charge in [0.1, 0.15) is 6.04 Å². The van der Waals surface area contributed by atoms with Gasteiger partial charge in [-0.15, -0.1) is 0 Å². The first-order valence-electron chi connectivity index (χ1n) is 7.10. The number of carbonyl (C=O) groups is 2. The molecule has 23 heavy (non-hydrogen) atoms. The molecule has 1 aromatic carbocycles. The van der Waals surface area contributed by atoms with Crippen LogP contribution in [0.1, 0.15) is 23.9 Å². The summed E-state index contributed by atoms with van der Waals surface area (Å²) in [5, 5.41) is 7.30. The number of halogens is 1. The lowest BCUT2D eigenvalue weighted by molar-refractivity contribution is -0.128. The Kier molecular flexibility index (Phi) is 4.29. The van der Waals surface area contributed by atoms with Gasteiger partial charge in [0.25, 0.3) is 0 Å². The Morgan fingerprint density at radius 2 is 2.17 bits per heavy atom. The molecule has 0 aliphatic carbocycles. The number of hydrogen-bond acceptors (Lipinski definition) is 5. The summed E-state index contributed by atoms with van der Waals surface area (Å²) in [5.74, 6) is -0.284. The molecular weight excluding hydrogens is 320 g/mol. The number of amides is 2. The monoisotopic (exact) mass is 334 g/mol. The van der Waals surface area contributed by atoms with Crippen LogP contribution in [0, 0.1) is 5.92 Å². The average molecular weight is 335 g/mol. The fraction of sp³-hybridized carbons (Fsp3) is 0.333. The van der Waals surface area contributed by atoms with Crippen LogP contribution in [0.15, 0.2) is 35.2 Å². The highest BCUT2D eigenvalue weighted by molar-refractivity contribution is 6.30. The van der Waals surface area contributed by atoms with Gasteiger partial charge in [0.2, 0.25) is 18.2 Å². The second-order valence-electron chi connectivity index (χ2n) is 5.46. The van der Waals surface area contributed by atoms with E-state index in [0.717, 1.165) is 5.56 Å². The Balaban J connectivity index is 1.81. The molecule has 120 valence electrons. The van der Waals surface area contributed by atoms with Gasteiger partial charge in [-0.1, -0.05) is 28.9 Å². The Labute approximate surface area is 137 Å². The largest absolute Gasteiger partial charge is 0.345 e. The lowest BCUT2D eigenvalue weighted by Crippen LogP contribution is -2.36. The smallest absolute Gasteiger partial charge is 0.226 e. The third-order valence-electron chi connectivity index (χ3n) is 3.84. The zero-order valence-electron chi connectivity index (χ0n) is 12.4. The SMILES string of the molecule is CN1C[C@H](C(=O)N[C@H](c2ccc(Cl)cc2)c2ncon2)CC1=O. The summed E-state index contributed by atoms with van der Waals surface area (Å²) in [4.78, 5) is 29.7. The molecule has 1 aromatic heterocycles. The van der Waals surface area contributed by atoms with Crippen LogP contribution >= 0.6 is 11.6 Å². The molecule has 3 rings (SSSR count). The number of hydrogen-bond donors (Lipinski definition) is 1. The predicted molar refractivity (Wildman–Crippen MR) is 81.5 cm³/mol. The molecule has 2 aromatic rings. The minimum absolute atomic E-state index is 0.0345. The molecule has 1 aliphatic heterocycles. The van der Waals surface area contributed by atoms with E-state index >= 15 is 0 Å². The zero-order valence-corrected chi connectivity index (χ0v) is 13.2. The van der Waals surface area contributed by atoms with Crippen molar-refractivity contribution in [3.63, 3.8) is 0 Å². The van der Waals surface area contributed by atoms with E-state index < -0.39 is 6.04 Å². The number of aromatic nitrogens is 2. The highest BCUT2D eigenvalue weighted by Crippen LogP contribution is 2.23. The lowest BCUT2D eigenvalue weighted by atomic mass is 10.0. The maximum absolute atomic E-state index is 12.5. The van der Waals surface area contributed by atoms with Gasteiger partial charge in [0.15, 0.2) is 5.82 Å². The summed E-state index contributed by atoms with van der Waals surface area (Å²) in [6, 6.07) is 6.47. The molecule has 2 heterocycles. The average Bonchev–Trinajstić information content (AvgIpc) is 3.17. The standard InChI is InChI=1S/C15H15ClN4O3/c1-20-7-10(6-12(20)21)15(22)18-13(14-17-8-23-19-14)9-2-4-11(16)5-3-9/h2-5,8,10,13H,6-7H2,1H3,(H,18,22)/t10-,13-/m1/s1. The summed E-state index contributed by atoms with van der Waals surface area (Å²) in [5.41, 5.74) is 0.779. The lowest BCUT2D eigenvalue weighted by Gasteiger charge is -2.18. The van der Waals surface area contributed by atoms with Gasteiger partial charge in [-0.05, 0) is 17.7 Å². The zero-order chi connectivity index (χ0) is 16.4. The van der Waals surface area contributed by atoms with Crippen molar-refractivity contribution in [2.45, 2.75) is 12.5 Å². The van der Waals surface area contributed by atoms with E-state index in [9.17, 15) is 9.59 Å². The van der Waals surface area contributed by atoms with Crippen LogP contribution in [0.3, 0.4) is 0 Å². The summed E-state index contributed by atoms with van der Waals surface area (Å²) < 4.78 is 4.78. The third kappa shape index (κ3) is 3.34. The first-order chi connectivity index (χ1) is 11.0. The van der Waals surface area contributed by atoms with Crippen LogP contribution in [-0.2, 0) is 9.59 Å². The van der Waals surface area contributed by atoms with Crippen molar-refractivity contribution in [2.75, 3.05) is 13.6 Å². The number of likely N-dealkylation sites (tertiary alicyclic amines) is 1. The molecule has 0 bridgehead atoms. The van der Waals surface area contributed by atoms with E-state index in [1.54, 1.807) is 36.2 Å². The van der Waals surface area contributed by atoms with E-state index in [2.05, 4.69) is 15.5 Å². The van der Waals surface area contributed by atoms with Gasteiger partial charge in [-0.25, -0.2) is 0 Å². The first-order valence-corrected chi connectivity index (χ1v) is 7.48. The van der Waals surface area contributed by atoms with E-state index in [1.165, 1.54) is 6.39 Å². The van der Waals surface area contributed by atoms with Crippen LogP contribution in [-0.4, -0.2) is 40.4 Å². The van der Waals surface area contributed by atoms with Crippen molar-refractivity contribution in [1.29, 1.82) is 0 Å². The Bertz CT molecular complexity index is 702. The van der Waals surface area contributed by atoms with Gasteiger partial charge in [-0.3, -0.25) is 9.59 Å². The first kappa shape index (κ1) is 15.5. The second-order valence-corrected chi connectivity index (χ2v) is 5.89. The molecule has 0 radical (unpaired) electrons. The summed E-state index contributed by atoms with van der Waals surface area (Å²) in [6.07, 6.45) is 1.42. The fourth-order valence-corrected chi connectivity index (χ4v) is 2.68. The van der Waals surface area contributed by atoms with Gasteiger partial charge < -0.3 is 14.7 Å². The predicted octanol–water partition coefficient (Wildman–Crippen LogP) is 1.41. The summed E-state index contributed by atoms with van der Waals surface area (Å²) in [6.45, 7) is 0.407. The Hall–Kier alpha value is -2.41. The van der Waals surface area contributed by atoms with Crippen LogP contribution < -0.4 is 5.32 Å². The molecule has 1 aliphatic rings. The maximum Gasteiger partial charge on any atom is 0.226 e. The minimum atomic E-state index is -0.556. The van der Waals surface area contributed by atoms with Crippen molar-refractivity contribution in [3.05, 3.63) is 47.1 Å². The molecule has 8 heteroatoms. The van der Waals surface area contributed by atoms with Crippen molar-refractivity contribution in [3.8, 4) is 0 Å². The van der Waals surface area contributed by atoms with Crippen LogP contribution in [0.5, 0.6) is 0 Å². The molecule has 0 saturated carbocycles. The molecule has 1 saturated heterocycles. The molecule has 1 fully saturated rings. The Morgan fingerprint density at radius 1 is 1.43 bits per heavy atom. The van der Waals surface area contributed by atoms with Crippen LogP contribution in [0.2, 0.25) is 5.02 Å². The number of nitrogens with one attached hydrogen (secondary N) is 1. The molecule has 1 N–H and O–H groups in total. The highest BCUT2D eigenvalue weighted by Gasteiger charge is 2.34. The minimum Gasteiger partial charge on any atom is -0.345 e. The van der Waals surface area contributed by atoms with Gasteiger partial charge in [-0.2, -0.15) is 4.98 Å². The van der Waals surface area contributed by atoms with Gasteiger partial charge in [0.05, 0.1) is 5.92 Å². The molecule has 0 spiro atoms. The van der Waals surface area contributed by atoms with E-state index in [1.807, 2.05) is 0 Å². The molecule has 2 amide bonds. The maximum atomic E-state index is 12.5. The molecule has 2 atom stereocenters. The third-order valence-corrected chi connectivity index (χ3v) is 4.09. The van der Waals surface area contributed by atoms with E-state index in [4.69, 9.17) is 16.1 Å². The molecule has 7 nitrogen and oxygen atoms in total. The van der Waals surface area contributed by atoms with Crippen molar-refractivity contribution in [1.82, 2.24) is 20.4 Å². The Morgan fingerprint density at radius 3 is 2.74 bits per heavy atom. The normalized spacial score (nSPS) is 19.0. The topological polar surface area (TPSA) is 88.3 Å². The fourth-order valence-electron chi connectivity index (χ4n) is 2.56. The van der Waals surface area contributed by atoms with Gasteiger partial charge in [0, 0.05) is 25.0 Å². The number of nitrogens with zero attached hydrogens (tertiary/aromatic N) is 3. The van der Waals surface area contributed by atoms with E-state index in [0.29, 0.717) is 17.4 Å². The molecular formula is C15H15ClN4O3. The molecule has 0 unspecified atom stereocenters. The number of carbonyl (C=O) groups excluding carboxylic acids is 2. The van der Waals surface area contributed by atoms with Crippen LogP contribution in [0.4, 0.5) is 0 Å². The van der Waals surface area contributed by atoms with E-state index in [-0.39, 0.29) is 24.2 Å². The summed E-state index contributed by atoms with van der Waals surface area (Å²) >= 11 is 5.90. The number of rotatable bonds is 4. The van der Waals surface area contributed by atoms with Crippen molar-refractivity contribution in [2.24, 2.45) is 5.92 Å². The quantitative estimate of drug-likeness (QED) is 0.913. The van der Waals surface area contributed by atoms with Crippen molar-refractivity contribution >= 4 is 23.4 Å². The number of benzene rings is 1. The van der Waals surface area contributed by atoms with Crippen LogP contribution in [0.25, 0.3) is 0 Å². The van der Waals surface area contributed by atoms with Gasteiger partial charge >= 0.3 is 0 Å².